The first-order valence-corrected chi connectivity index (χ1v) is 4.41. The highest BCUT2D eigenvalue weighted by Gasteiger charge is 2.26. The van der Waals surface area contributed by atoms with E-state index < -0.39 is 5.54 Å². The Kier molecular flexibility index (Phi) is 3.39. The Bertz CT molecular complexity index is 360. The lowest BCUT2D eigenvalue weighted by Crippen LogP contribution is -2.45. The molecule has 4 nitrogen and oxygen atoms in total. The van der Waals surface area contributed by atoms with Crippen LogP contribution in [0, 0.1) is 5.82 Å². The van der Waals surface area contributed by atoms with E-state index in [1.807, 2.05) is 5.48 Å². The van der Waals surface area contributed by atoms with E-state index in [4.69, 9.17) is 10.4 Å². The molecule has 0 bridgehead atoms. The highest BCUT2D eigenvalue weighted by Crippen LogP contribution is 2.14. The Morgan fingerprint density at radius 1 is 1.33 bits per heavy atom. The fourth-order valence-electron chi connectivity index (χ4n) is 1.20. The predicted molar refractivity (Wildman–Crippen MR) is 53.7 cm³/mol. The normalized spacial score (nSPS) is 12.9. The molecular weight excluding hydrogens is 199 g/mol. The number of hydrogen-bond donors (Lipinski definition) is 3. The average Bonchev–Trinajstić information content (AvgIpc) is 2.22. The molecule has 1 aromatic carbocycles. The minimum Gasteiger partial charge on any atom is -0.411 e. The topological polar surface area (TPSA) is 64.8 Å². The summed E-state index contributed by atoms with van der Waals surface area (Å²) >= 11 is 0. The van der Waals surface area contributed by atoms with Gasteiger partial charge in [0.05, 0.1) is 5.54 Å². The quantitative estimate of drug-likeness (QED) is 0.406. The standard InChI is InChI=1S/C10H13FN2O2/c1-10(2,13-15)9(12-14)7-3-5-8(11)6-4-7/h3-6,13-15H,1-2H3/b12-9-. The van der Waals surface area contributed by atoms with Crippen LogP contribution in [0.25, 0.3) is 0 Å². The molecule has 0 heterocycles. The molecule has 3 N–H and O–H groups in total. The summed E-state index contributed by atoms with van der Waals surface area (Å²) in [5, 5.41) is 20.9. The first-order chi connectivity index (χ1) is 7.01. The van der Waals surface area contributed by atoms with E-state index in [9.17, 15) is 4.39 Å². The van der Waals surface area contributed by atoms with Crippen molar-refractivity contribution >= 4 is 5.71 Å². The van der Waals surface area contributed by atoms with Crippen molar-refractivity contribution in [3.8, 4) is 0 Å². The van der Waals surface area contributed by atoms with Crippen molar-refractivity contribution in [3.63, 3.8) is 0 Å². The van der Waals surface area contributed by atoms with Crippen molar-refractivity contribution in [2.24, 2.45) is 5.16 Å². The largest absolute Gasteiger partial charge is 0.411 e. The second kappa shape index (κ2) is 4.37. The molecule has 0 fully saturated rings. The van der Waals surface area contributed by atoms with E-state index in [1.54, 1.807) is 13.8 Å². The number of halogens is 1. The Hall–Kier alpha value is -1.46. The van der Waals surface area contributed by atoms with Crippen LogP contribution in [-0.4, -0.2) is 21.7 Å². The van der Waals surface area contributed by atoms with Gasteiger partial charge in [0.15, 0.2) is 0 Å². The summed E-state index contributed by atoms with van der Waals surface area (Å²) in [5.74, 6) is -0.370. The van der Waals surface area contributed by atoms with Crippen LogP contribution in [0.1, 0.15) is 19.4 Å². The Morgan fingerprint density at radius 2 is 1.87 bits per heavy atom. The van der Waals surface area contributed by atoms with Gasteiger partial charge < -0.3 is 10.4 Å². The fraction of sp³-hybridized carbons (Fsp3) is 0.300. The van der Waals surface area contributed by atoms with Crippen molar-refractivity contribution in [2.75, 3.05) is 0 Å². The molecule has 1 rings (SSSR count). The number of oxime groups is 1. The highest BCUT2D eigenvalue weighted by molar-refractivity contribution is 6.06. The van der Waals surface area contributed by atoms with Crippen molar-refractivity contribution in [3.05, 3.63) is 35.6 Å². The maximum atomic E-state index is 12.7. The molecule has 82 valence electrons. The second-order valence-corrected chi connectivity index (χ2v) is 3.69. The number of hydroxylamine groups is 1. The van der Waals surface area contributed by atoms with Gasteiger partial charge in [-0.2, -0.15) is 5.48 Å². The minimum atomic E-state index is -0.910. The monoisotopic (exact) mass is 212 g/mol. The molecule has 15 heavy (non-hydrogen) atoms. The summed E-state index contributed by atoms with van der Waals surface area (Å²) < 4.78 is 12.7. The van der Waals surface area contributed by atoms with Crippen molar-refractivity contribution < 1.29 is 14.8 Å². The molecule has 0 unspecified atom stereocenters. The number of rotatable bonds is 3. The number of nitrogens with zero attached hydrogens (tertiary/aromatic N) is 1. The summed E-state index contributed by atoms with van der Waals surface area (Å²) in [5.41, 5.74) is 1.87. The third kappa shape index (κ3) is 2.51. The fourth-order valence-corrected chi connectivity index (χ4v) is 1.20. The van der Waals surface area contributed by atoms with E-state index in [1.165, 1.54) is 24.3 Å². The molecule has 0 spiro atoms. The van der Waals surface area contributed by atoms with Gasteiger partial charge in [-0.3, -0.25) is 0 Å². The van der Waals surface area contributed by atoms with Crippen LogP contribution in [0.15, 0.2) is 29.4 Å². The smallest absolute Gasteiger partial charge is 0.123 e. The SMILES string of the molecule is CC(C)(NO)/C(=N\O)c1ccc(F)cc1. The van der Waals surface area contributed by atoms with Gasteiger partial charge in [0, 0.05) is 5.56 Å². The number of nitrogens with one attached hydrogen (secondary N) is 1. The Balaban J connectivity index is 3.10. The van der Waals surface area contributed by atoms with Gasteiger partial charge >= 0.3 is 0 Å². The maximum Gasteiger partial charge on any atom is 0.123 e. The van der Waals surface area contributed by atoms with Crippen LogP contribution >= 0.6 is 0 Å². The van der Waals surface area contributed by atoms with E-state index in [-0.39, 0.29) is 11.5 Å². The van der Waals surface area contributed by atoms with Gasteiger partial charge in [-0.25, -0.2) is 4.39 Å². The van der Waals surface area contributed by atoms with E-state index >= 15 is 0 Å². The first kappa shape index (κ1) is 11.6. The Morgan fingerprint density at radius 3 is 2.27 bits per heavy atom. The average molecular weight is 212 g/mol. The molecule has 0 radical (unpaired) electrons. The molecule has 5 heteroatoms. The zero-order valence-electron chi connectivity index (χ0n) is 8.53. The molecule has 0 aromatic heterocycles. The third-order valence-corrected chi connectivity index (χ3v) is 2.09. The Labute approximate surface area is 87.0 Å². The zero-order valence-corrected chi connectivity index (χ0v) is 8.53. The molecule has 0 atom stereocenters. The second-order valence-electron chi connectivity index (χ2n) is 3.69. The van der Waals surface area contributed by atoms with Crippen molar-refractivity contribution in [1.82, 2.24) is 5.48 Å². The molecular formula is C10H13FN2O2. The van der Waals surface area contributed by atoms with E-state index in [0.717, 1.165) is 0 Å². The van der Waals surface area contributed by atoms with Gasteiger partial charge in [-0.15, -0.1) is 0 Å². The lowest BCUT2D eigenvalue weighted by Gasteiger charge is -2.23. The van der Waals surface area contributed by atoms with Crippen LogP contribution in [-0.2, 0) is 0 Å². The molecule has 0 saturated heterocycles. The third-order valence-electron chi connectivity index (χ3n) is 2.09. The molecule has 1 aromatic rings. The van der Waals surface area contributed by atoms with Crippen molar-refractivity contribution in [2.45, 2.75) is 19.4 Å². The zero-order chi connectivity index (χ0) is 11.5. The molecule has 0 saturated carbocycles. The van der Waals surface area contributed by atoms with Crippen LogP contribution in [0.3, 0.4) is 0 Å². The maximum absolute atomic E-state index is 12.7. The summed E-state index contributed by atoms with van der Waals surface area (Å²) in [7, 11) is 0. The molecule has 0 aliphatic heterocycles. The minimum absolute atomic E-state index is 0.227. The number of benzene rings is 1. The van der Waals surface area contributed by atoms with Gasteiger partial charge in [0.25, 0.3) is 0 Å². The van der Waals surface area contributed by atoms with Gasteiger partial charge in [0.1, 0.15) is 11.5 Å². The molecule has 0 aliphatic rings. The summed E-state index contributed by atoms with van der Waals surface area (Å²) in [6.07, 6.45) is 0. The van der Waals surface area contributed by atoms with Gasteiger partial charge in [-0.1, -0.05) is 17.3 Å². The van der Waals surface area contributed by atoms with E-state index in [0.29, 0.717) is 5.56 Å². The van der Waals surface area contributed by atoms with Crippen LogP contribution < -0.4 is 5.48 Å². The summed E-state index contributed by atoms with van der Waals surface area (Å²) in [4.78, 5) is 0. The summed E-state index contributed by atoms with van der Waals surface area (Å²) in [6.45, 7) is 3.26. The number of hydrogen-bond acceptors (Lipinski definition) is 4. The molecule has 0 amide bonds. The highest BCUT2D eigenvalue weighted by atomic mass is 19.1. The van der Waals surface area contributed by atoms with Gasteiger partial charge in [0.2, 0.25) is 0 Å². The predicted octanol–water partition coefficient (Wildman–Crippen LogP) is 1.76. The van der Waals surface area contributed by atoms with Crippen LogP contribution in [0.4, 0.5) is 4.39 Å². The van der Waals surface area contributed by atoms with Crippen LogP contribution in [0.5, 0.6) is 0 Å². The molecule has 0 aliphatic carbocycles. The first-order valence-electron chi connectivity index (χ1n) is 4.41. The lowest BCUT2D eigenvalue weighted by molar-refractivity contribution is 0.113. The van der Waals surface area contributed by atoms with Crippen LogP contribution in [0.2, 0.25) is 0 Å². The summed E-state index contributed by atoms with van der Waals surface area (Å²) in [6, 6.07) is 5.47. The van der Waals surface area contributed by atoms with Gasteiger partial charge in [-0.05, 0) is 26.0 Å². The lowest BCUT2D eigenvalue weighted by atomic mass is 9.93. The van der Waals surface area contributed by atoms with Crippen molar-refractivity contribution in [1.29, 1.82) is 0 Å². The van der Waals surface area contributed by atoms with E-state index in [2.05, 4.69) is 5.16 Å².